The molecule has 0 fully saturated rings. The molecule has 0 amide bonds. The Morgan fingerprint density at radius 3 is 1.65 bits per heavy atom. The second kappa shape index (κ2) is 19.0. The third-order valence-electron chi connectivity index (χ3n) is 4.18. The number of hydrogen-bond acceptors (Lipinski definition) is 2. The predicted molar refractivity (Wildman–Crippen MR) is 100 cm³/mol. The van der Waals surface area contributed by atoms with Crippen molar-refractivity contribution in [2.24, 2.45) is 0 Å². The fraction of sp³-hybridized carbons (Fsp3) is 0.762. The molecule has 0 spiro atoms. The molecule has 0 aromatic heterocycles. The number of unbranched alkanes of at least 4 members (excludes halogenated alkanes) is 14. The molecule has 0 aromatic carbocycles. The lowest BCUT2D eigenvalue weighted by atomic mass is 10.0. The Morgan fingerprint density at radius 2 is 1.22 bits per heavy atom. The summed E-state index contributed by atoms with van der Waals surface area (Å²) in [5, 5.41) is 0. The fourth-order valence-corrected chi connectivity index (χ4v) is 2.76. The molecule has 23 heavy (non-hydrogen) atoms. The van der Waals surface area contributed by atoms with Gasteiger partial charge < -0.3 is 4.74 Å². The largest absolute Gasteiger partial charge is 0.432 e. The van der Waals surface area contributed by atoms with Gasteiger partial charge in [0.05, 0.1) is 6.26 Å². The third-order valence-corrected chi connectivity index (χ3v) is 4.18. The maximum Gasteiger partial charge on any atom is 0.335 e. The second-order valence-electron chi connectivity index (χ2n) is 6.39. The van der Waals surface area contributed by atoms with Crippen molar-refractivity contribution in [3.8, 4) is 0 Å². The van der Waals surface area contributed by atoms with Gasteiger partial charge in [-0.15, -0.1) is 0 Å². The van der Waals surface area contributed by atoms with Crippen LogP contribution in [0.25, 0.3) is 0 Å². The smallest absolute Gasteiger partial charge is 0.335 e. The summed E-state index contributed by atoms with van der Waals surface area (Å²) in [7, 11) is 0. The number of esters is 1. The van der Waals surface area contributed by atoms with Crippen LogP contribution in [-0.2, 0) is 9.53 Å². The Hall–Kier alpha value is -1.05. The van der Waals surface area contributed by atoms with E-state index in [0.717, 1.165) is 12.8 Å². The molecular formula is C21H38O2. The molecule has 0 unspecified atom stereocenters. The van der Waals surface area contributed by atoms with Crippen LogP contribution in [0.5, 0.6) is 0 Å². The highest BCUT2D eigenvalue weighted by atomic mass is 16.5. The van der Waals surface area contributed by atoms with Crippen molar-refractivity contribution in [2.75, 3.05) is 0 Å². The summed E-state index contributed by atoms with van der Waals surface area (Å²) < 4.78 is 4.60. The monoisotopic (exact) mass is 322 g/mol. The van der Waals surface area contributed by atoms with E-state index in [1.54, 1.807) is 0 Å². The Balaban J connectivity index is 3.10. The van der Waals surface area contributed by atoms with Crippen LogP contribution in [0, 0.1) is 0 Å². The first kappa shape index (κ1) is 21.9. The lowest BCUT2D eigenvalue weighted by Crippen LogP contribution is -1.92. The first-order valence-electron chi connectivity index (χ1n) is 9.79. The SMILES string of the molecule is C=COC(=O)C=CCCCCCCCCCCCCCCCC. The highest BCUT2D eigenvalue weighted by Gasteiger charge is 1.94. The topological polar surface area (TPSA) is 26.3 Å². The van der Waals surface area contributed by atoms with Gasteiger partial charge in [-0.1, -0.05) is 103 Å². The standard InChI is InChI=1S/C21H38O2/c1-3-5-6-7-8-9-10-11-12-13-14-15-16-17-18-19-20-21(22)23-4-2/h4,19-20H,2-3,5-18H2,1H3. The molecule has 0 heterocycles. The fourth-order valence-electron chi connectivity index (χ4n) is 2.76. The molecular weight excluding hydrogens is 284 g/mol. The Bertz CT molecular complexity index is 294. The minimum atomic E-state index is -0.328. The van der Waals surface area contributed by atoms with Crippen LogP contribution >= 0.6 is 0 Å². The highest BCUT2D eigenvalue weighted by molar-refractivity contribution is 5.82. The van der Waals surface area contributed by atoms with Crippen molar-refractivity contribution in [1.29, 1.82) is 0 Å². The molecule has 0 radical (unpaired) electrons. The maximum absolute atomic E-state index is 11.0. The first-order chi connectivity index (χ1) is 11.3. The first-order valence-corrected chi connectivity index (χ1v) is 9.79. The highest BCUT2D eigenvalue weighted by Crippen LogP contribution is 2.13. The second-order valence-corrected chi connectivity index (χ2v) is 6.39. The van der Waals surface area contributed by atoms with Gasteiger partial charge in [0, 0.05) is 6.08 Å². The molecule has 2 nitrogen and oxygen atoms in total. The molecule has 134 valence electrons. The normalized spacial score (nSPS) is 11.0. The molecule has 0 aliphatic rings. The summed E-state index contributed by atoms with van der Waals surface area (Å²) in [6.45, 7) is 5.62. The van der Waals surface area contributed by atoms with E-state index in [1.165, 1.54) is 95.8 Å². The number of ether oxygens (including phenoxy) is 1. The van der Waals surface area contributed by atoms with E-state index in [2.05, 4.69) is 18.2 Å². The average molecular weight is 323 g/mol. The molecule has 0 aromatic rings. The minimum absolute atomic E-state index is 0.328. The van der Waals surface area contributed by atoms with E-state index in [1.807, 2.05) is 6.08 Å². The van der Waals surface area contributed by atoms with Crippen molar-refractivity contribution in [2.45, 2.75) is 103 Å². The molecule has 0 N–H and O–H groups in total. The van der Waals surface area contributed by atoms with Gasteiger partial charge in [-0.25, -0.2) is 4.79 Å². The Kier molecular flexibility index (Phi) is 18.1. The van der Waals surface area contributed by atoms with Crippen LogP contribution in [0.2, 0.25) is 0 Å². The van der Waals surface area contributed by atoms with Crippen molar-refractivity contribution in [3.63, 3.8) is 0 Å². The summed E-state index contributed by atoms with van der Waals surface area (Å²) in [4.78, 5) is 11.0. The van der Waals surface area contributed by atoms with Gasteiger partial charge in [0.2, 0.25) is 0 Å². The molecule has 0 aliphatic heterocycles. The van der Waals surface area contributed by atoms with Crippen molar-refractivity contribution in [3.05, 3.63) is 25.0 Å². The Labute approximate surface area is 144 Å². The van der Waals surface area contributed by atoms with Gasteiger partial charge in [-0.3, -0.25) is 0 Å². The molecule has 2 heteroatoms. The number of allylic oxidation sites excluding steroid dienone is 1. The van der Waals surface area contributed by atoms with E-state index < -0.39 is 0 Å². The lowest BCUT2D eigenvalue weighted by molar-refractivity contribution is -0.132. The van der Waals surface area contributed by atoms with E-state index in [9.17, 15) is 4.79 Å². The van der Waals surface area contributed by atoms with E-state index in [4.69, 9.17) is 0 Å². The van der Waals surface area contributed by atoms with Crippen LogP contribution in [0.4, 0.5) is 0 Å². The number of carbonyl (C=O) groups excluding carboxylic acids is 1. The van der Waals surface area contributed by atoms with Crippen molar-refractivity contribution in [1.82, 2.24) is 0 Å². The molecule has 0 saturated carbocycles. The predicted octanol–water partition coefficient (Wildman–Crippen LogP) is 7.10. The van der Waals surface area contributed by atoms with Crippen LogP contribution < -0.4 is 0 Å². The summed E-state index contributed by atoms with van der Waals surface area (Å²) in [5.74, 6) is -0.328. The molecule has 0 atom stereocenters. The average Bonchev–Trinajstić information content (AvgIpc) is 2.54. The van der Waals surface area contributed by atoms with Crippen molar-refractivity contribution >= 4 is 5.97 Å². The van der Waals surface area contributed by atoms with Crippen molar-refractivity contribution < 1.29 is 9.53 Å². The zero-order chi connectivity index (χ0) is 17.0. The van der Waals surface area contributed by atoms with Gasteiger partial charge in [0.15, 0.2) is 0 Å². The van der Waals surface area contributed by atoms with Gasteiger partial charge in [0.1, 0.15) is 0 Å². The summed E-state index contributed by atoms with van der Waals surface area (Å²) in [6.07, 6.45) is 24.8. The van der Waals surface area contributed by atoms with E-state index in [0.29, 0.717) is 0 Å². The third kappa shape index (κ3) is 18.9. The van der Waals surface area contributed by atoms with E-state index >= 15 is 0 Å². The molecule has 0 saturated heterocycles. The van der Waals surface area contributed by atoms with Gasteiger partial charge in [0.25, 0.3) is 0 Å². The van der Waals surface area contributed by atoms with Crippen LogP contribution in [0.3, 0.4) is 0 Å². The van der Waals surface area contributed by atoms with E-state index in [-0.39, 0.29) is 5.97 Å². The summed E-state index contributed by atoms with van der Waals surface area (Å²) in [5.41, 5.74) is 0. The number of carbonyl (C=O) groups is 1. The Morgan fingerprint density at radius 1 is 0.783 bits per heavy atom. The van der Waals surface area contributed by atoms with Gasteiger partial charge in [-0.2, -0.15) is 0 Å². The summed E-state index contributed by atoms with van der Waals surface area (Å²) in [6, 6.07) is 0. The molecule has 0 aliphatic carbocycles. The number of rotatable bonds is 17. The van der Waals surface area contributed by atoms with Gasteiger partial charge in [-0.05, 0) is 12.8 Å². The zero-order valence-electron chi connectivity index (χ0n) is 15.4. The van der Waals surface area contributed by atoms with Crippen LogP contribution in [-0.4, -0.2) is 5.97 Å². The minimum Gasteiger partial charge on any atom is -0.432 e. The zero-order valence-corrected chi connectivity index (χ0v) is 15.4. The molecule has 0 rings (SSSR count). The van der Waals surface area contributed by atoms with Crippen LogP contribution in [0.15, 0.2) is 25.0 Å². The number of hydrogen-bond donors (Lipinski definition) is 0. The maximum atomic E-state index is 11.0. The summed E-state index contributed by atoms with van der Waals surface area (Å²) >= 11 is 0. The van der Waals surface area contributed by atoms with Gasteiger partial charge >= 0.3 is 5.97 Å². The lowest BCUT2D eigenvalue weighted by Gasteiger charge is -2.02. The molecule has 0 bridgehead atoms. The van der Waals surface area contributed by atoms with Crippen LogP contribution in [0.1, 0.15) is 103 Å². The quantitative estimate of drug-likeness (QED) is 0.123.